The fourth-order valence-corrected chi connectivity index (χ4v) is 5.47. The molecule has 0 bridgehead atoms. The molecular formula is C22H24FN7O4S2. The molecule has 3 aromatic heterocycles. The van der Waals surface area contributed by atoms with E-state index >= 15 is 0 Å². The molecule has 36 heavy (non-hydrogen) atoms. The molecule has 4 aromatic rings. The number of hydrogen-bond acceptors (Lipinski definition) is 10. The molecule has 3 heterocycles. The molecule has 2 atom stereocenters. The van der Waals surface area contributed by atoms with Gasteiger partial charge in [0.05, 0.1) is 31.9 Å². The highest BCUT2D eigenvalue weighted by Gasteiger charge is 2.32. The molecule has 190 valence electrons. The Balaban J connectivity index is 1.81. The maximum absolute atomic E-state index is 13.4. The summed E-state index contributed by atoms with van der Waals surface area (Å²) in [6.07, 6.45) is 2.00. The van der Waals surface area contributed by atoms with Crippen molar-refractivity contribution in [2.75, 3.05) is 18.9 Å². The van der Waals surface area contributed by atoms with Gasteiger partial charge in [0.1, 0.15) is 23.0 Å². The van der Waals surface area contributed by atoms with Gasteiger partial charge in [-0.1, -0.05) is 13.0 Å². The number of aromatic nitrogens is 6. The van der Waals surface area contributed by atoms with Crippen LogP contribution < -0.4 is 14.2 Å². The highest BCUT2D eigenvalue weighted by molar-refractivity contribution is 7.93. The van der Waals surface area contributed by atoms with Crippen molar-refractivity contribution in [3.63, 3.8) is 0 Å². The number of hydrogen-bond donors (Lipinski definition) is 1. The maximum Gasteiger partial charge on any atom is 0.243 e. The van der Waals surface area contributed by atoms with Crippen molar-refractivity contribution in [1.82, 2.24) is 29.7 Å². The zero-order valence-corrected chi connectivity index (χ0v) is 21.8. The van der Waals surface area contributed by atoms with Crippen molar-refractivity contribution in [3.8, 4) is 28.0 Å². The Morgan fingerprint density at radius 1 is 1.08 bits per heavy atom. The van der Waals surface area contributed by atoms with Crippen LogP contribution in [0.4, 0.5) is 10.3 Å². The summed E-state index contributed by atoms with van der Waals surface area (Å²) in [6.45, 7) is 5.00. The Hall–Kier alpha value is -3.65. The molecule has 1 unspecified atom stereocenters. The van der Waals surface area contributed by atoms with Crippen molar-refractivity contribution in [2.24, 2.45) is 0 Å². The Morgan fingerprint density at radius 2 is 1.72 bits per heavy atom. The number of nitrogens with zero attached hydrogens (tertiary/aromatic N) is 6. The van der Waals surface area contributed by atoms with Gasteiger partial charge in [-0.3, -0.25) is 9.29 Å². The normalized spacial score (nSPS) is 13.3. The lowest BCUT2D eigenvalue weighted by molar-refractivity contribution is 0.391. The third kappa shape index (κ3) is 4.86. The Morgan fingerprint density at radius 3 is 2.28 bits per heavy atom. The average Bonchev–Trinajstić information content (AvgIpc) is 3.48. The molecule has 1 N–H and O–H groups in total. The van der Waals surface area contributed by atoms with Crippen molar-refractivity contribution in [1.29, 1.82) is 0 Å². The largest absolute Gasteiger partial charge is 0.494 e. The molecule has 0 spiro atoms. The lowest BCUT2D eigenvalue weighted by Crippen LogP contribution is -2.31. The standard InChI is InChI=1S/C22H24FN7O4S2/c1-12-11-35-21(26-12)20-27-28-22(30(20)18-16(33-4)7-6-8-17(18)34-5)29-36(31,32)14(3)13(2)19-24-9-15(23)10-25-19/h6-11,13-14H,1-5H3,(H,28,29)/t13?,14-/m1/s1. The van der Waals surface area contributed by atoms with Crippen LogP contribution in [-0.2, 0) is 10.0 Å². The molecular weight excluding hydrogens is 509 g/mol. The predicted octanol–water partition coefficient (Wildman–Crippen LogP) is 3.58. The molecule has 1 aromatic carbocycles. The summed E-state index contributed by atoms with van der Waals surface area (Å²) in [5.41, 5.74) is 1.18. The van der Waals surface area contributed by atoms with E-state index in [4.69, 9.17) is 9.47 Å². The van der Waals surface area contributed by atoms with Gasteiger partial charge >= 0.3 is 0 Å². The van der Waals surface area contributed by atoms with Gasteiger partial charge in [-0.2, -0.15) is 0 Å². The van der Waals surface area contributed by atoms with E-state index in [0.717, 1.165) is 18.1 Å². The van der Waals surface area contributed by atoms with Gasteiger partial charge in [-0.05, 0) is 26.0 Å². The van der Waals surface area contributed by atoms with E-state index in [0.29, 0.717) is 28.0 Å². The van der Waals surface area contributed by atoms with Crippen molar-refractivity contribution < 1.29 is 22.3 Å². The number of sulfonamides is 1. The third-order valence-electron chi connectivity index (χ3n) is 5.57. The van der Waals surface area contributed by atoms with Crippen LogP contribution in [0.2, 0.25) is 0 Å². The van der Waals surface area contributed by atoms with Gasteiger partial charge in [0, 0.05) is 17.0 Å². The Kier molecular flexibility index (Phi) is 7.17. The summed E-state index contributed by atoms with van der Waals surface area (Å²) < 4.78 is 55.2. The van der Waals surface area contributed by atoms with Gasteiger partial charge in [-0.15, -0.1) is 21.5 Å². The molecule has 0 saturated heterocycles. The first-order valence-corrected chi connectivity index (χ1v) is 13.2. The highest BCUT2D eigenvalue weighted by Crippen LogP contribution is 2.38. The van der Waals surface area contributed by atoms with E-state index in [-0.39, 0.29) is 11.8 Å². The van der Waals surface area contributed by atoms with Crippen LogP contribution in [0.1, 0.15) is 31.3 Å². The van der Waals surface area contributed by atoms with Crippen LogP contribution in [0.15, 0.2) is 36.0 Å². The molecule has 0 radical (unpaired) electrons. The van der Waals surface area contributed by atoms with Crippen LogP contribution >= 0.6 is 11.3 Å². The number of para-hydroxylation sites is 1. The summed E-state index contributed by atoms with van der Waals surface area (Å²) in [6, 6.07) is 5.17. The van der Waals surface area contributed by atoms with E-state index in [9.17, 15) is 12.8 Å². The van der Waals surface area contributed by atoms with Gasteiger partial charge in [0.25, 0.3) is 0 Å². The van der Waals surface area contributed by atoms with Gasteiger partial charge in [-0.25, -0.2) is 27.8 Å². The maximum atomic E-state index is 13.4. The Bertz CT molecular complexity index is 1450. The zero-order valence-electron chi connectivity index (χ0n) is 20.1. The molecule has 11 nitrogen and oxygen atoms in total. The van der Waals surface area contributed by atoms with Crippen LogP contribution in [0.25, 0.3) is 16.5 Å². The topological polar surface area (TPSA) is 134 Å². The van der Waals surface area contributed by atoms with Gasteiger partial charge in [0.2, 0.25) is 16.0 Å². The van der Waals surface area contributed by atoms with Gasteiger partial charge in [0.15, 0.2) is 16.6 Å². The van der Waals surface area contributed by atoms with Crippen LogP contribution in [0.3, 0.4) is 0 Å². The number of aryl methyl sites for hydroxylation is 1. The fraction of sp³-hybridized carbons (Fsp3) is 0.318. The zero-order chi connectivity index (χ0) is 26.0. The number of thiazole rings is 1. The number of ether oxygens (including phenoxy) is 2. The van der Waals surface area contributed by atoms with E-state index in [1.165, 1.54) is 37.0 Å². The van der Waals surface area contributed by atoms with E-state index < -0.39 is 27.0 Å². The first kappa shape index (κ1) is 25.4. The number of anilines is 1. The minimum Gasteiger partial charge on any atom is -0.494 e. The monoisotopic (exact) mass is 533 g/mol. The van der Waals surface area contributed by atoms with Crippen molar-refractivity contribution >= 4 is 27.3 Å². The first-order chi connectivity index (χ1) is 17.2. The summed E-state index contributed by atoms with van der Waals surface area (Å²) in [7, 11) is -1.07. The number of benzene rings is 1. The van der Waals surface area contributed by atoms with Crippen LogP contribution in [0, 0.1) is 12.7 Å². The number of rotatable bonds is 9. The summed E-state index contributed by atoms with van der Waals surface area (Å²) in [5, 5.41) is 9.75. The summed E-state index contributed by atoms with van der Waals surface area (Å²) in [4.78, 5) is 12.3. The highest BCUT2D eigenvalue weighted by atomic mass is 32.2. The minimum absolute atomic E-state index is 0.0836. The number of methoxy groups -OCH3 is 2. The molecule has 0 amide bonds. The van der Waals surface area contributed by atoms with Crippen molar-refractivity contribution in [2.45, 2.75) is 31.9 Å². The molecule has 0 aliphatic rings. The third-order valence-corrected chi connectivity index (χ3v) is 8.38. The summed E-state index contributed by atoms with van der Waals surface area (Å²) in [5.74, 6) is -0.0303. The lowest BCUT2D eigenvalue weighted by atomic mass is 10.1. The van der Waals surface area contributed by atoms with Crippen LogP contribution in [0.5, 0.6) is 11.5 Å². The quantitative estimate of drug-likeness (QED) is 0.343. The van der Waals surface area contributed by atoms with Crippen molar-refractivity contribution in [3.05, 3.63) is 53.3 Å². The molecule has 14 heteroatoms. The van der Waals surface area contributed by atoms with E-state index in [2.05, 4.69) is 29.9 Å². The first-order valence-electron chi connectivity index (χ1n) is 10.7. The number of nitrogens with one attached hydrogen (secondary N) is 1. The molecule has 0 aliphatic heterocycles. The second kappa shape index (κ2) is 10.1. The smallest absolute Gasteiger partial charge is 0.243 e. The molecule has 0 saturated carbocycles. The second-order valence-corrected chi connectivity index (χ2v) is 10.8. The fourth-order valence-electron chi connectivity index (χ4n) is 3.47. The second-order valence-electron chi connectivity index (χ2n) is 7.89. The Labute approximate surface area is 211 Å². The van der Waals surface area contributed by atoms with Gasteiger partial charge < -0.3 is 9.47 Å². The average molecular weight is 534 g/mol. The van der Waals surface area contributed by atoms with Crippen LogP contribution in [-0.4, -0.2) is 57.6 Å². The molecule has 4 rings (SSSR count). The van der Waals surface area contributed by atoms with E-state index in [1.807, 2.05) is 12.3 Å². The molecule has 0 fully saturated rings. The minimum atomic E-state index is -4.05. The predicted molar refractivity (Wildman–Crippen MR) is 133 cm³/mol. The lowest BCUT2D eigenvalue weighted by Gasteiger charge is -2.21. The van der Waals surface area contributed by atoms with E-state index in [1.54, 1.807) is 25.1 Å². The summed E-state index contributed by atoms with van der Waals surface area (Å²) >= 11 is 1.34. The molecule has 0 aliphatic carbocycles. The number of halogens is 1. The SMILES string of the molecule is COc1cccc(OC)c1-n1c(NS(=O)(=O)[C@H](C)C(C)c2ncc(F)cn2)nnc1-c1nc(C)cs1.